The molecular formula is C22H18N4O4. The first-order valence-electron chi connectivity index (χ1n) is 9.15. The van der Waals surface area contributed by atoms with Gasteiger partial charge < -0.3 is 14.7 Å². The Bertz CT molecular complexity index is 1170. The summed E-state index contributed by atoms with van der Waals surface area (Å²) >= 11 is 0. The van der Waals surface area contributed by atoms with E-state index in [1.54, 1.807) is 24.1 Å². The third kappa shape index (κ3) is 3.97. The summed E-state index contributed by atoms with van der Waals surface area (Å²) in [6.45, 7) is -0.253. The maximum absolute atomic E-state index is 12.9. The van der Waals surface area contributed by atoms with E-state index in [2.05, 4.69) is 10.1 Å². The Labute approximate surface area is 172 Å². The van der Waals surface area contributed by atoms with E-state index >= 15 is 0 Å². The number of carbonyl (C=O) groups excluding carboxylic acids is 1. The fourth-order valence-corrected chi connectivity index (χ4v) is 2.92. The van der Waals surface area contributed by atoms with Gasteiger partial charge in [0, 0.05) is 17.8 Å². The van der Waals surface area contributed by atoms with Crippen molar-refractivity contribution in [3.05, 3.63) is 95.8 Å². The van der Waals surface area contributed by atoms with Crippen LogP contribution >= 0.6 is 0 Å². The van der Waals surface area contributed by atoms with E-state index in [4.69, 9.17) is 9.47 Å². The van der Waals surface area contributed by atoms with Crippen LogP contribution in [0.1, 0.15) is 16.2 Å². The van der Waals surface area contributed by atoms with Crippen molar-refractivity contribution in [1.82, 2.24) is 14.8 Å². The Hall–Kier alpha value is -4.20. The van der Waals surface area contributed by atoms with Crippen LogP contribution in [0.5, 0.6) is 5.75 Å². The van der Waals surface area contributed by atoms with Crippen molar-refractivity contribution >= 4 is 5.97 Å². The van der Waals surface area contributed by atoms with E-state index in [-0.39, 0.29) is 18.0 Å². The number of aromatic nitrogens is 4. The normalized spacial score (nSPS) is 10.6. The van der Waals surface area contributed by atoms with Gasteiger partial charge in [0.2, 0.25) is 0 Å². The van der Waals surface area contributed by atoms with Gasteiger partial charge in [-0.1, -0.05) is 30.3 Å². The first-order chi connectivity index (χ1) is 14.7. The number of hydrogen-bond donors (Lipinski definition) is 0. The standard InChI is InChI=1S/C22H18N4O4/c1-29-18-10-5-7-16(13-18)21-19(14-25(24-21)17-8-3-2-4-9-17)22(27)30-15-20-23-11-6-12-26(20)28/h2-14H,15H2,1H3. The number of nitrogens with zero attached hydrogens (tertiary/aromatic N) is 4. The van der Waals surface area contributed by atoms with Gasteiger partial charge in [-0.05, 0) is 29.2 Å². The van der Waals surface area contributed by atoms with Gasteiger partial charge in [-0.15, -0.1) is 0 Å². The quantitative estimate of drug-likeness (QED) is 0.280. The van der Waals surface area contributed by atoms with Gasteiger partial charge in [-0.25, -0.2) is 14.2 Å². The minimum atomic E-state index is -0.611. The minimum absolute atomic E-state index is 0.0873. The summed E-state index contributed by atoms with van der Waals surface area (Å²) in [5.74, 6) is 0.117. The topological polar surface area (TPSA) is 93.2 Å². The zero-order chi connectivity index (χ0) is 20.9. The summed E-state index contributed by atoms with van der Waals surface area (Å²) in [5, 5.41) is 16.3. The van der Waals surface area contributed by atoms with Crippen LogP contribution in [0.4, 0.5) is 0 Å². The number of rotatable bonds is 6. The molecule has 0 N–H and O–H groups in total. The largest absolute Gasteiger partial charge is 0.711 e. The van der Waals surface area contributed by atoms with Gasteiger partial charge in [0.15, 0.2) is 6.61 Å². The Morgan fingerprint density at radius 2 is 1.97 bits per heavy atom. The van der Waals surface area contributed by atoms with Crippen molar-refractivity contribution in [2.45, 2.75) is 6.61 Å². The third-order valence-corrected chi connectivity index (χ3v) is 4.42. The summed E-state index contributed by atoms with van der Waals surface area (Å²) < 4.78 is 12.8. The Morgan fingerprint density at radius 3 is 2.73 bits per heavy atom. The number of para-hydroxylation sites is 1. The SMILES string of the molecule is COc1cccc(-c2nn(-c3ccccc3)cc2C(=O)OCc2nccc[n+]2[O-])c1. The predicted octanol–water partition coefficient (Wildman–Crippen LogP) is 2.93. The second kappa shape index (κ2) is 8.44. The van der Waals surface area contributed by atoms with Gasteiger partial charge in [-0.3, -0.25) is 0 Å². The highest BCUT2D eigenvalue weighted by atomic mass is 16.5. The first kappa shape index (κ1) is 19.1. The zero-order valence-corrected chi connectivity index (χ0v) is 16.1. The molecule has 0 atom stereocenters. The van der Waals surface area contributed by atoms with Gasteiger partial charge in [0.1, 0.15) is 23.2 Å². The van der Waals surface area contributed by atoms with E-state index in [9.17, 15) is 10.0 Å². The van der Waals surface area contributed by atoms with Crippen LogP contribution in [0.15, 0.2) is 79.3 Å². The summed E-state index contributed by atoms with van der Waals surface area (Å²) in [6, 6.07) is 18.2. The molecule has 0 fully saturated rings. The van der Waals surface area contributed by atoms with Gasteiger partial charge in [-0.2, -0.15) is 5.10 Å². The molecule has 4 rings (SSSR count). The molecule has 0 aliphatic carbocycles. The van der Waals surface area contributed by atoms with E-state index in [0.717, 1.165) is 5.69 Å². The summed E-state index contributed by atoms with van der Waals surface area (Å²) in [4.78, 5) is 16.8. The molecule has 8 heteroatoms. The van der Waals surface area contributed by atoms with Gasteiger partial charge in [0.05, 0.1) is 19.0 Å². The lowest BCUT2D eigenvalue weighted by molar-refractivity contribution is -0.620. The molecule has 0 amide bonds. The molecule has 150 valence electrons. The maximum Gasteiger partial charge on any atom is 0.342 e. The van der Waals surface area contributed by atoms with E-state index in [0.29, 0.717) is 21.7 Å². The average molecular weight is 402 g/mol. The molecule has 0 radical (unpaired) electrons. The van der Waals surface area contributed by atoms with Gasteiger partial charge in [0.25, 0.3) is 0 Å². The Kier molecular flexibility index (Phi) is 5.38. The molecule has 0 saturated carbocycles. The van der Waals surface area contributed by atoms with Crippen LogP contribution in [0.3, 0.4) is 0 Å². The highest BCUT2D eigenvalue weighted by Crippen LogP contribution is 2.27. The van der Waals surface area contributed by atoms with Crippen molar-refractivity contribution < 1.29 is 19.0 Å². The molecule has 0 aliphatic heterocycles. The van der Waals surface area contributed by atoms with Crippen LogP contribution in [-0.4, -0.2) is 27.8 Å². The van der Waals surface area contributed by atoms with Crippen molar-refractivity contribution in [1.29, 1.82) is 0 Å². The number of benzene rings is 2. The van der Waals surface area contributed by atoms with Crippen LogP contribution in [-0.2, 0) is 11.3 Å². The Morgan fingerprint density at radius 1 is 1.13 bits per heavy atom. The number of methoxy groups -OCH3 is 1. The van der Waals surface area contributed by atoms with Crippen LogP contribution < -0.4 is 9.47 Å². The van der Waals surface area contributed by atoms with Crippen LogP contribution in [0.2, 0.25) is 0 Å². The predicted molar refractivity (Wildman–Crippen MR) is 108 cm³/mol. The fraction of sp³-hybridized carbons (Fsp3) is 0.0909. The van der Waals surface area contributed by atoms with E-state index in [1.807, 2.05) is 48.5 Å². The highest BCUT2D eigenvalue weighted by Gasteiger charge is 2.22. The second-order valence-electron chi connectivity index (χ2n) is 6.34. The lowest BCUT2D eigenvalue weighted by Gasteiger charge is -2.07. The number of ether oxygens (including phenoxy) is 2. The molecule has 2 aromatic carbocycles. The second-order valence-corrected chi connectivity index (χ2v) is 6.34. The molecule has 8 nitrogen and oxygen atoms in total. The molecule has 2 heterocycles. The minimum Gasteiger partial charge on any atom is -0.711 e. The summed E-state index contributed by atoms with van der Waals surface area (Å²) in [5.41, 5.74) is 2.20. The molecule has 30 heavy (non-hydrogen) atoms. The van der Waals surface area contributed by atoms with Gasteiger partial charge >= 0.3 is 11.8 Å². The van der Waals surface area contributed by atoms with Crippen molar-refractivity contribution in [3.8, 4) is 22.7 Å². The lowest BCUT2D eigenvalue weighted by Crippen LogP contribution is -2.33. The molecule has 0 saturated heterocycles. The highest BCUT2D eigenvalue weighted by molar-refractivity contribution is 5.96. The molecule has 4 aromatic rings. The van der Waals surface area contributed by atoms with Crippen molar-refractivity contribution in [3.63, 3.8) is 0 Å². The summed E-state index contributed by atoms with van der Waals surface area (Å²) in [7, 11) is 1.57. The van der Waals surface area contributed by atoms with Crippen molar-refractivity contribution in [2.24, 2.45) is 0 Å². The van der Waals surface area contributed by atoms with Crippen LogP contribution in [0.25, 0.3) is 16.9 Å². The average Bonchev–Trinajstić information content (AvgIpc) is 3.25. The van der Waals surface area contributed by atoms with Crippen molar-refractivity contribution in [2.75, 3.05) is 7.11 Å². The van der Waals surface area contributed by atoms with Crippen LogP contribution in [0, 0.1) is 5.21 Å². The molecule has 0 spiro atoms. The zero-order valence-electron chi connectivity index (χ0n) is 16.1. The van der Waals surface area contributed by atoms with E-state index < -0.39 is 5.97 Å². The molecular weight excluding hydrogens is 384 g/mol. The first-order valence-corrected chi connectivity index (χ1v) is 9.15. The summed E-state index contributed by atoms with van der Waals surface area (Å²) in [6.07, 6.45) is 4.37. The molecule has 2 aromatic heterocycles. The smallest absolute Gasteiger partial charge is 0.342 e. The maximum atomic E-state index is 12.9. The molecule has 0 unspecified atom stereocenters. The number of hydrogen-bond acceptors (Lipinski definition) is 6. The van der Waals surface area contributed by atoms with E-state index in [1.165, 1.54) is 18.5 Å². The Balaban J connectivity index is 1.70. The fourth-order valence-electron chi connectivity index (χ4n) is 2.92. The molecule has 0 bridgehead atoms. The third-order valence-electron chi connectivity index (χ3n) is 4.42. The molecule has 0 aliphatic rings. The number of carbonyl (C=O) groups is 1. The number of esters is 1. The monoisotopic (exact) mass is 402 g/mol. The lowest BCUT2D eigenvalue weighted by atomic mass is 10.1.